The van der Waals surface area contributed by atoms with Gasteiger partial charge < -0.3 is 14.2 Å². The number of carbonyl (C=O) groups excluding carboxylic acids is 1. The van der Waals surface area contributed by atoms with E-state index in [1.807, 2.05) is 37.3 Å². The van der Waals surface area contributed by atoms with Crippen molar-refractivity contribution in [1.82, 2.24) is 0 Å². The molecule has 1 saturated carbocycles. The molecule has 4 rings (SSSR count). The van der Waals surface area contributed by atoms with E-state index >= 15 is 0 Å². The molecular formula is C23H26O7S. The minimum Gasteiger partial charge on any atom is -0.462 e. The quantitative estimate of drug-likeness (QED) is 0.496. The van der Waals surface area contributed by atoms with Gasteiger partial charge in [-0.15, -0.1) is 0 Å². The van der Waals surface area contributed by atoms with E-state index in [4.69, 9.17) is 18.4 Å². The van der Waals surface area contributed by atoms with Crippen LogP contribution in [0.1, 0.15) is 30.8 Å². The summed E-state index contributed by atoms with van der Waals surface area (Å²) in [7, 11) is -3.93. The van der Waals surface area contributed by atoms with Crippen LogP contribution >= 0.6 is 0 Å². The van der Waals surface area contributed by atoms with Crippen LogP contribution in [0.4, 0.5) is 0 Å². The molecule has 2 aromatic rings. The number of benzene rings is 2. The second-order valence-electron chi connectivity index (χ2n) is 8.01. The van der Waals surface area contributed by atoms with E-state index in [1.54, 1.807) is 12.1 Å². The van der Waals surface area contributed by atoms with Gasteiger partial charge >= 0.3 is 5.97 Å². The van der Waals surface area contributed by atoms with Gasteiger partial charge in [0.05, 0.1) is 24.2 Å². The molecule has 31 heavy (non-hydrogen) atoms. The first-order valence-electron chi connectivity index (χ1n) is 10.3. The van der Waals surface area contributed by atoms with Crippen LogP contribution in [-0.2, 0) is 33.3 Å². The van der Waals surface area contributed by atoms with Crippen molar-refractivity contribution in [2.45, 2.75) is 43.7 Å². The van der Waals surface area contributed by atoms with E-state index in [0.717, 1.165) is 11.1 Å². The molecule has 2 aromatic carbocycles. The number of fused-ring (bicyclic) bond motifs is 1. The van der Waals surface area contributed by atoms with E-state index in [0.29, 0.717) is 13.0 Å². The molecule has 2 unspecified atom stereocenters. The standard InChI is InChI=1S/C23H26O7S/c1-15-8-10-18(11-9-15)31(25,26)28-14-20-19-13-27-23(17-6-4-3-5-7-17)30-22(19)12-21(20)29-16(2)24/h3-11,19-23H,12-14H2,1-2H3/t19-,20?,21+,22-,23?/m0/s1. The average Bonchev–Trinajstić information content (AvgIpc) is 3.08. The van der Waals surface area contributed by atoms with Crippen molar-refractivity contribution < 1.29 is 31.6 Å². The Kier molecular flexibility index (Phi) is 6.43. The van der Waals surface area contributed by atoms with Gasteiger partial charge in [-0.2, -0.15) is 8.42 Å². The van der Waals surface area contributed by atoms with Gasteiger partial charge in [0.25, 0.3) is 10.1 Å². The van der Waals surface area contributed by atoms with Crippen molar-refractivity contribution >= 4 is 16.1 Å². The minimum absolute atomic E-state index is 0.0944. The van der Waals surface area contributed by atoms with Crippen molar-refractivity contribution in [3.05, 3.63) is 65.7 Å². The lowest BCUT2D eigenvalue weighted by molar-refractivity contribution is -0.238. The minimum atomic E-state index is -3.93. The molecule has 0 amide bonds. The van der Waals surface area contributed by atoms with Gasteiger partial charge in [-0.25, -0.2) is 0 Å². The molecule has 1 aliphatic heterocycles. The van der Waals surface area contributed by atoms with Gasteiger partial charge in [0.1, 0.15) is 6.10 Å². The Hall–Kier alpha value is -2.26. The highest BCUT2D eigenvalue weighted by Gasteiger charge is 2.49. The normalized spacial score (nSPS) is 28.1. The predicted molar refractivity (Wildman–Crippen MR) is 111 cm³/mol. The maximum absolute atomic E-state index is 12.6. The van der Waals surface area contributed by atoms with Crippen LogP contribution in [0.25, 0.3) is 0 Å². The van der Waals surface area contributed by atoms with Gasteiger partial charge in [0.2, 0.25) is 0 Å². The second kappa shape index (κ2) is 9.08. The van der Waals surface area contributed by atoms with Gasteiger partial charge in [0, 0.05) is 30.7 Å². The summed E-state index contributed by atoms with van der Waals surface area (Å²) >= 11 is 0. The summed E-state index contributed by atoms with van der Waals surface area (Å²) < 4.78 is 48.2. The first-order valence-corrected chi connectivity index (χ1v) is 11.7. The van der Waals surface area contributed by atoms with E-state index in [-0.39, 0.29) is 29.4 Å². The van der Waals surface area contributed by atoms with E-state index in [1.165, 1.54) is 19.1 Å². The Bertz CT molecular complexity index is 1000. The van der Waals surface area contributed by atoms with Crippen LogP contribution < -0.4 is 0 Å². The first kappa shape index (κ1) is 22.0. The molecule has 8 heteroatoms. The number of rotatable bonds is 6. The van der Waals surface area contributed by atoms with Crippen LogP contribution in [-0.4, -0.2) is 39.8 Å². The number of carbonyl (C=O) groups is 1. The number of ether oxygens (including phenoxy) is 3. The van der Waals surface area contributed by atoms with Crippen molar-refractivity contribution in [2.24, 2.45) is 11.8 Å². The molecule has 1 saturated heterocycles. The molecule has 0 N–H and O–H groups in total. The Morgan fingerprint density at radius 2 is 1.81 bits per heavy atom. The molecule has 2 fully saturated rings. The maximum atomic E-state index is 12.6. The van der Waals surface area contributed by atoms with Crippen LogP contribution in [0.5, 0.6) is 0 Å². The number of hydrogen-bond donors (Lipinski definition) is 0. The maximum Gasteiger partial charge on any atom is 0.302 e. The van der Waals surface area contributed by atoms with Gasteiger partial charge in [0.15, 0.2) is 6.29 Å². The van der Waals surface area contributed by atoms with Crippen LogP contribution in [0.3, 0.4) is 0 Å². The SMILES string of the molecule is CC(=O)O[C@@H]1C[C@@H]2OC(c3ccccc3)OC[C@H]2C1COS(=O)(=O)c1ccc(C)cc1. The van der Waals surface area contributed by atoms with Crippen LogP contribution in [0, 0.1) is 18.8 Å². The highest BCUT2D eigenvalue weighted by molar-refractivity contribution is 7.86. The lowest BCUT2D eigenvalue weighted by Gasteiger charge is -2.34. The summed E-state index contributed by atoms with van der Waals surface area (Å²) in [5.74, 6) is -0.918. The fourth-order valence-corrected chi connectivity index (χ4v) is 5.16. The van der Waals surface area contributed by atoms with Crippen LogP contribution in [0.15, 0.2) is 59.5 Å². The third kappa shape index (κ3) is 4.98. The summed E-state index contributed by atoms with van der Waals surface area (Å²) in [5, 5.41) is 0. The molecular weight excluding hydrogens is 420 g/mol. The molecule has 0 radical (unpaired) electrons. The zero-order valence-electron chi connectivity index (χ0n) is 17.5. The largest absolute Gasteiger partial charge is 0.462 e. The molecule has 2 aliphatic rings. The fourth-order valence-electron chi connectivity index (χ4n) is 4.22. The highest BCUT2D eigenvalue weighted by Crippen LogP contribution is 2.43. The van der Waals surface area contributed by atoms with E-state index in [9.17, 15) is 13.2 Å². The molecule has 1 aliphatic carbocycles. The van der Waals surface area contributed by atoms with Gasteiger partial charge in [-0.05, 0) is 19.1 Å². The fraction of sp³-hybridized carbons (Fsp3) is 0.435. The number of aryl methyl sites for hydroxylation is 1. The first-order chi connectivity index (χ1) is 14.8. The number of esters is 1. The predicted octanol–water partition coefficient (Wildman–Crippen LogP) is 3.38. The van der Waals surface area contributed by atoms with Crippen molar-refractivity contribution in [3.63, 3.8) is 0 Å². The lowest BCUT2D eigenvalue weighted by Crippen LogP contribution is -2.37. The third-order valence-corrected chi connectivity index (χ3v) is 7.12. The summed E-state index contributed by atoms with van der Waals surface area (Å²) in [5.41, 5.74) is 1.86. The molecule has 0 spiro atoms. The molecule has 0 aromatic heterocycles. The Morgan fingerprint density at radius 3 is 2.48 bits per heavy atom. The topological polar surface area (TPSA) is 88.1 Å². The summed E-state index contributed by atoms with van der Waals surface area (Å²) in [6.45, 7) is 3.47. The van der Waals surface area contributed by atoms with Crippen molar-refractivity contribution in [3.8, 4) is 0 Å². The molecule has 7 nitrogen and oxygen atoms in total. The van der Waals surface area contributed by atoms with Gasteiger partial charge in [-0.3, -0.25) is 8.98 Å². The average molecular weight is 447 g/mol. The van der Waals surface area contributed by atoms with Crippen LogP contribution in [0.2, 0.25) is 0 Å². The zero-order valence-corrected chi connectivity index (χ0v) is 18.3. The summed E-state index contributed by atoms with van der Waals surface area (Å²) in [6.07, 6.45) is -0.760. The van der Waals surface area contributed by atoms with Crippen molar-refractivity contribution in [1.29, 1.82) is 0 Å². The van der Waals surface area contributed by atoms with Crippen molar-refractivity contribution in [2.75, 3.05) is 13.2 Å². The Labute approximate surface area is 182 Å². The molecule has 166 valence electrons. The zero-order chi connectivity index (χ0) is 22.0. The van der Waals surface area contributed by atoms with E-state index < -0.39 is 28.5 Å². The summed E-state index contributed by atoms with van der Waals surface area (Å²) in [6, 6.07) is 16.1. The molecule has 1 heterocycles. The van der Waals surface area contributed by atoms with Gasteiger partial charge in [-0.1, -0.05) is 48.0 Å². The smallest absolute Gasteiger partial charge is 0.302 e. The second-order valence-corrected chi connectivity index (χ2v) is 9.63. The number of hydrogen-bond acceptors (Lipinski definition) is 7. The summed E-state index contributed by atoms with van der Waals surface area (Å²) in [4.78, 5) is 11.7. The monoisotopic (exact) mass is 446 g/mol. The lowest BCUT2D eigenvalue weighted by atomic mass is 9.94. The molecule has 0 bridgehead atoms. The Morgan fingerprint density at radius 1 is 1.10 bits per heavy atom. The Balaban J connectivity index is 1.48. The molecule has 5 atom stereocenters. The highest BCUT2D eigenvalue weighted by atomic mass is 32.2. The third-order valence-electron chi connectivity index (χ3n) is 5.82. The van der Waals surface area contributed by atoms with E-state index in [2.05, 4.69) is 0 Å².